The van der Waals surface area contributed by atoms with Crippen LogP contribution in [-0.4, -0.2) is 9.13 Å². The lowest BCUT2D eigenvalue weighted by Crippen LogP contribution is -2.40. The van der Waals surface area contributed by atoms with E-state index < -0.39 is 0 Å². The van der Waals surface area contributed by atoms with Crippen LogP contribution in [0.3, 0.4) is 0 Å². The molecule has 3 rings (SSSR count). The van der Waals surface area contributed by atoms with E-state index in [1.807, 2.05) is 50.2 Å². The molecule has 0 radical (unpaired) electrons. The minimum absolute atomic E-state index is 0.201. The summed E-state index contributed by atoms with van der Waals surface area (Å²) >= 11 is 0. The lowest BCUT2D eigenvalue weighted by molar-refractivity contribution is 0.581. The standard InChI is InChI=1S/C19H20N2O2/c1-3-11-20-18(22)16-9-4-5-10-17(16)21(19(20)23)13-15-8-6-7-14(2)12-15/h4-10,12H,3,11,13H2,1-2H3. The quantitative estimate of drug-likeness (QED) is 0.744. The average Bonchev–Trinajstić information content (AvgIpc) is 2.55. The summed E-state index contributed by atoms with van der Waals surface area (Å²) in [5.74, 6) is 0. The Bertz CT molecular complexity index is 967. The van der Waals surface area contributed by atoms with Crippen LogP contribution in [0.15, 0.2) is 58.1 Å². The zero-order chi connectivity index (χ0) is 16.4. The van der Waals surface area contributed by atoms with E-state index in [0.29, 0.717) is 24.0 Å². The van der Waals surface area contributed by atoms with Crippen LogP contribution >= 0.6 is 0 Å². The molecule has 0 unspecified atom stereocenters. The van der Waals surface area contributed by atoms with Gasteiger partial charge in [0.2, 0.25) is 0 Å². The van der Waals surface area contributed by atoms with Crippen molar-refractivity contribution in [1.82, 2.24) is 9.13 Å². The maximum Gasteiger partial charge on any atom is 0.331 e. The fraction of sp³-hybridized carbons (Fsp3) is 0.263. The predicted molar refractivity (Wildman–Crippen MR) is 93.0 cm³/mol. The van der Waals surface area contributed by atoms with Crippen LogP contribution in [0.1, 0.15) is 24.5 Å². The van der Waals surface area contributed by atoms with Gasteiger partial charge in [0.15, 0.2) is 0 Å². The zero-order valence-corrected chi connectivity index (χ0v) is 13.5. The molecule has 0 aliphatic rings. The molecule has 0 aliphatic heterocycles. The number of hydrogen-bond donors (Lipinski definition) is 0. The molecule has 0 saturated carbocycles. The highest BCUT2D eigenvalue weighted by atomic mass is 16.2. The Hall–Kier alpha value is -2.62. The second-order valence-corrected chi connectivity index (χ2v) is 5.83. The van der Waals surface area contributed by atoms with E-state index in [0.717, 1.165) is 17.5 Å². The Balaban J connectivity index is 2.26. The van der Waals surface area contributed by atoms with E-state index in [-0.39, 0.29) is 11.2 Å². The van der Waals surface area contributed by atoms with Crippen molar-refractivity contribution in [3.63, 3.8) is 0 Å². The van der Waals surface area contributed by atoms with Crippen LogP contribution < -0.4 is 11.2 Å². The normalized spacial score (nSPS) is 11.0. The Morgan fingerprint density at radius 2 is 1.74 bits per heavy atom. The summed E-state index contributed by atoms with van der Waals surface area (Å²) in [6, 6.07) is 15.4. The van der Waals surface area contributed by atoms with E-state index >= 15 is 0 Å². The molecule has 0 atom stereocenters. The van der Waals surface area contributed by atoms with Crippen LogP contribution in [0, 0.1) is 6.92 Å². The first kappa shape index (κ1) is 15.3. The number of hydrogen-bond acceptors (Lipinski definition) is 2. The lowest BCUT2D eigenvalue weighted by Gasteiger charge is -2.14. The molecule has 0 amide bonds. The molecular weight excluding hydrogens is 288 g/mol. The van der Waals surface area contributed by atoms with Gasteiger partial charge in [0.25, 0.3) is 5.56 Å². The molecular formula is C19H20N2O2. The number of nitrogens with zero attached hydrogens (tertiary/aromatic N) is 2. The van der Waals surface area contributed by atoms with Gasteiger partial charge in [-0.2, -0.15) is 0 Å². The second kappa shape index (κ2) is 6.24. The molecule has 23 heavy (non-hydrogen) atoms. The highest BCUT2D eigenvalue weighted by Crippen LogP contribution is 2.11. The molecule has 3 aromatic rings. The summed E-state index contributed by atoms with van der Waals surface area (Å²) in [6.07, 6.45) is 0.748. The third-order valence-electron chi connectivity index (χ3n) is 4.00. The van der Waals surface area contributed by atoms with Gasteiger partial charge in [0.05, 0.1) is 17.4 Å². The van der Waals surface area contributed by atoms with Crippen LogP contribution in [0.5, 0.6) is 0 Å². The van der Waals surface area contributed by atoms with Crippen molar-refractivity contribution in [3.05, 3.63) is 80.5 Å². The molecule has 4 nitrogen and oxygen atoms in total. The summed E-state index contributed by atoms with van der Waals surface area (Å²) in [5, 5.41) is 0.591. The van der Waals surface area contributed by atoms with Gasteiger partial charge < -0.3 is 0 Å². The van der Waals surface area contributed by atoms with Crippen molar-refractivity contribution in [2.75, 3.05) is 0 Å². The van der Waals surface area contributed by atoms with Gasteiger partial charge in [0.1, 0.15) is 0 Å². The van der Waals surface area contributed by atoms with Crippen LogP contribution in [0.2, 0.25) is 0 Å². The molecule has 1 aromatic heterocycles. The molecule has 0 bridgehead atoms. The molecule has 0 spiro atoms. The summed E-state index contributed by atoms with van der Waals surface area (Å²) in [6.45, 7) is 4.90. The maximum atomic E-state index is 12.8. The van der Waals surface area contributed by atoms with Gasteiger partial charge in [-0.25, -0.2) is 4.79 Å². The number of para-hydroxylation sites is 1. The minimum Gasteiger partial charge on any atom is -0.289 e. The summed E-state index contributed by atoms with van der Waals surface area (Å²) in [4.78, 5) is 25.4. The lowest BCUT2D eigenvalue weighted by atomic mass is 10.1. The maximum absolute atomic E-state index is 12.8. The van der Waals surface area contributed by atoms with Crippen molar-refractivity contribution in [1.29, 1.82) is 0 Å². The number of benzene rings is 2. The predicted octanol–water partition coefficient (Wildman–Crippen LogP) is 2.93. The van der Waals surface area contributed by atoms with Crippen LogP contribution in [0.25, 0.3) is 10.9 Å². The monoisotopic (exact) mass is 308 g/mol. The molecule has 1 heterocycles. The van der Waals surface area contributed by atoms with Crippen molar-refractivity contribution in [2.45, 2.75) is 33.4 Å². The Morgan fingerprint density at radius 3 is 2.48 bits per heavy atom. The number of rotatable bonds is 4. The summed E-state index contributed by atoms with van der Waals surface area (Å²) in [7, 11) is 0. The SMILES string of the molecule is CCCn1c(=O)c2ccccc2n(Cc2cccc(C)c2)c1=O. The minimum atomic E-state index is -0.239. The molecule has 4 heteroatoms. The Labute approximate surface area is 134 Å². The van der Waals surface area contributed by atoms with Gasteiger partial charge in [0, 0.05) is 6.54 Å². The first-order valence-corrected chi connectivity index (χ1v) is 7.89. The number of aromatic nitrogens is 2. The summed E-state index contributed by atoms with van der Waals surface area (Å²) < 4.78 is 3.04. The smallest absolute Gasteiger partial charge is 0.289 e. The van der Waals surface area contributed by atoms with E-state index in [1.165, 1.54) is 4.57 Å². The first-order chi connectivity index (χ1) is 11.1. The molecule has 0 fully saturated rings. The highest BCUT2D eigenvalue weighted by molar-refractivity contribution is 5.77. The van der Waals surface area contributed by atoms with Crippen molar-refractivity contribution in [3.8, 4) is 0 Å². The highest BCUT2D eigenvalue weighted by Gasteiger charge is 2.12. The van der Waals surface area contributed by atoms with Gasteiger partial charge in [-0.1, -0.05) is 48.9 Å². The molecule has 0 N–H and O–H groups in total. The third-order valence-corrected chi connectivity index (χ3v) is 4.00. The number of aryl methyl sites for hydroxylation is 1. The van der Waals surface area contributed by atoms with Crippen molar-refractivity contribution < 1.29 is 0 Å². The molecule has 0 saturated heterocycles. The first-order valence-electron chi connectivity index (χ1n) is 7.89. The topological polar surface area (TPSA) is 44.0 Å². The number of fused-ring (bicyclic) bond motifs is 1. The summed E-state index contributed by atoms with van der Waals surface area (Å²) in [5.41, 5.74) is 2.46. The fourth-order valence-electron chi connectivity index (χ4n) is 2.94. The van der Waals surface area contributed by atoms with E-state index in [1.54, 1.807) is 10.6 Å². The Kier molecular flexibility index (Phi) is 4.15. The van der Waals surface area contributed by atoms with Gasteiger partial charge in [-0.3, -0.25) is 13.9 Å². The van der Waals surface area contributed by atoms with Gasteiger partial charge in [-0.05, 0) is 31.0 Å². The zero-order valence-electron chi connectivity index (χ0n) is 13.5. The van der Waals surface area contributed by atoms with Gasteiger partial charge >= 0.3 is 5.69 Å². The Morgan fingerprint density at radius 1 is 0.957 bits per heavy atom. The molecule has 118 valence electrons. The second-order valence-electron chi connectivity index (χ2n) is 5.83. The molecule has 0 aliphatic carbocycles. The van der Waals surface area contributed by atoms with E-state index in [4.69, 9.17) is 0 Å². The van der Waals surface area contributed by atoms with Gasteiger partial charge in [-0.15, -0.1) is 0 Å². The third kappa shape index (κ3) is 2.84. The van der Waals surface area contributed by atoms with E-state index in [2.05, 4.69) is 6.07 Å². The average molecular weight is 308 g/mol. The van der Waals surface area contributed by atoms with Crippen molar-refractivity contribution >= 4 is 10.9 Å². The molecule has 2 aromatic carbocycles. The van der Waals surface area contributed by atoms with Crippen LogP contribution in [-0.2, 0) is 13.1 Å². The largest absolute Gasteiger partial charge is 0.331 e. The van der Waals surface area contributed by atoms with E-state index in [9.17, 15) is 9.59 Å². The van der Waals surface area contributed by atoms with Crippen molar-refractivity contribution in [2.24, 2.45) is 0 Å². The van der Waals surface area contributed by atoms with Crippen LogP contribution in [0.4, 0.5) is 0 Å². The fourth-order valence-corrected chi connectivity index (χ4v) is 2.94.